The lowest BCUT2D eigenvalue weighted by Gasteiger charge is -2.40. The summed E-state index contributed by atoms with van der Waals surface area (Å²) in [6, 6.07) is 0.108. The highest BCUT2D eigenvalue weighted by atomic mass is 79.9. The van der Waals surface area contributed by atoms with Crippen LogP contribution in [-0.4, -0.2) is 58.7 Å². The minimum absolute atomic E-state index is 0.0406. The number of ether oxygens (including phenoxy) is 1. The molecular weight excluding hydrogens is 348 g/mol. The minimum atomic E-state index is -0.300. The first-order valence-electron chi connectivity index (χ1n) is 7.42. The minimum Gasteiger partial charge on any atom is -0.366 e. The molecule has 6 nitrogen and oxygen atoms in total. The number of hydrogen-bond donors (Lipinski definition) is 0. The van der Waals surface area contributed by atoms with Crippen LogP contribution < -0.4 is 4.90 Å². The molecule has 0 spiro atoms. The Morgan fingerprint density at radius 3 is 2.55 bits per heavy atom. The Kier molecular flexibility index (Phi) is 5.39. The summed E-state index contributed by atoms with van der Waals surface area (Å²) >= 11 is 3.33. The van der Waals surface area contributed by atoms with E-state index in [0.29, 0.717) is 12.5 Å². The molecule has 2 rings (SSSR count). The van der Waals surface area contributed by atoms with Crippen molar-refractivity contribution in [2.75, 3.05) is 31.1 Å². The van der Waals surface area contributed by atoms with Crippen molar-refractivity contribution in [3.63, 3.8) is 0 Å². The third kappa shape index (κ3) is 4.64. The lowest BCUT2D eigenvalue weighted by Crippen LogP contribution is -2.55. The molecule has 0 aromatic carbocycles. The molecule has 1 fully saturated rings. The van der Waals surface area contributed by atoms with Crippen molar-refractivity contribution in [2.24, 2.45) is 0 Å². The van der Waals surface area contributed by atoms with E-state index in [1.807, 2.05) is 32.6 Å². The van der Waals surface area contributed by atoms with Crippen LogP contribution >= 0.6 is 15.9 Å². The van der Waals surface area contributed by atoms with Crippen molar-refractivity contribution in [3.05, 3.63) is 16.9 Å². The number of rotatable bonds is 3. The highest BCUT2D eigenvalue weighted by Crippen LogP contribution is 2.17. The van der Waals surface area contributed by atoms with E-state index >= 15 is 0 Å². The molecular formula is C15H23BrN4O2. The lowest BCUT2D eigenvalue weighted by molar-refractivity contribution is -0.143. The molecule has 1 aromatic heterocycles. The van der Waals surface area contributed by atoms with Crippen LogP contribution in [0.1, 0.15) is 27.7 Å². The first kappa shape index (κ1) is 17.1. The number of nitrogens with zero attached hydrogens (tertiary/aromatic N) is 4. The van der Waals surface area contributed by atoms with Crippen molar-refractivity contribution < 1.29 is 9.53 Å². The Morgan fingerprint density at radius 1 is 1.36 bits per heavy atom. The van der Waals surface area contributed by atoms with Gasteiger partial charge >= 0.3 is 0 Å². The quantitative estimate of drug-likeness (QED) is 0.815. The molecule has 0 radical (unpaired) electrons. The summed E-state index contributed by atoms with van der Waals surface area (Å²) < 4.78 is 6.44. The van der Waals surface area contributed by atoms with Crippen molar-refractivity contribution in [3.8, 4) is 0 Å². The lowest BCUT2D eigenvalue weighted by atomic mass is 10.2. The van der Waals surface area contributed by atoms with Gasteiger partial charge in [-0.1, -0.05) is 0 Å². The molecule has 122 valence electrons. The molecule has 2 heterocycles. The molecule has 0 saturated carbocycles. The van der Waals surface area contributed by atoms with Crippen molar-refractivity contribution in [1.29, 1.82) is 0 Å². The van der Waals surface area contributed by atoms with Gasteiger partial charge in [-0.25, -0.2) is 9.97 Å². The number of carbonyl (C=O) groups is 1. The second-order valence-electron chi connectivity index (χ2n) is 6.48. The van der Waals surface area contributed by atoms with Crippen LogP contribution in [0.5, 0.6) is 0 Å². The SMILES string of the molecule is C[C@H]1CN(c2ncc(Br)cn2)CCN1C(=O)COC(C)(C)C. The van der Waals surface area contributed by atoms with E-state index in [-0.39, 0.29) is 24.2 Å². The maximum Gasteiger partial charge on any atom is 0.248 e. The average molecular weight is 371 g/mol. The van der Waals surface area contributed by atoms with Gasteiger partial charge in [-0.05, 0) is 43.6 Å². The molecule has 1 aromatic rings. The predicted molar refractivity (Wildman–Crippen MR) is 88.8 cm³/mol. The van der Waals surface area contributed by atoms with Gasteiger partial charge in [0.2, 0.25) is 11.9 Å². The van der Waals surface area contributed by atoms with Gasteiger partial charge in [-0.3, -0.25) is 4.79 Å². The monoisotopic (exact) mass is 370 g/mol. The molecule has 1 amide bonds. The summed E-state index contributed by atoms with van der Waals surface area (Å²) in [6.07, 6.45) is 3.48. The van der Waals surface area contributed by atoms with Gasteiger partial charge in [0.25, 0.3) is 0 Å². The second kappa shape index (κ2) is 6.91. The van der Waals surface area contributed by atoms with E-state index in [1.165, 1.54) is 0 Å². The van der Waals surface area contributed by atoms with Crippen molar-refractivity contribution in [1.82, 2.24) is 14.9 Å². The summed E-state index contributed by atoms with van der Waals surface area (Å²) in [5, 5.41) is 0. The summed E-state index contributed by atoms with van der Waals surface area (Å²) in [4.78, 5) is 24.9. The van der Waals surface area contributed by atoms with Gasteiger partial charge in [0, 0.05) is 38.1 Å². The Labute approximate surface area is 140 Å². The molecule has 0 aliphatic carbocycles. The number of piperazine rings is 1. The summed E-state index contributed by atoms with van der Waals surface area (Å²) in [5.74, 6) is 0.742. The van der Waals surface area contributed by atoms with Crippen molar-refractivity contribution in [2.45, 2.75) is 39.3 Å². The molecule has 7 heteroatoms. The molecule has 1 saturated heterocycles. The maximum absolute atomic E-state index is 12.3. The van der Waals surface area contributed by atoms with Gasteiger partial charge < -0.3 is 14.5 Å². The van der Waals surface area contributed by atoms with Crippen LogP contribution in [0.15, 0.2) is 16.9 Å². The van der Waals surface area contributed by atoms with Gasteiger partial charge in [0.05, 0.1) is 10.1 Å². The average Bonchev–Trinajstić information content (AvgIpc) is 2.44. The second-order valence-corrected chi connectivity index (χ2v) is 7.40. The summed E-state index contributed by atoms with van der Waals surface area (Å²) in [5.41, 5.74) is -0.300. The molecule has 1 aliphatic heterocycles. The van der Waals surface area contributed by atoms with Gasteiger partial charge in [-0.2, -0.15) is 0 Å². The van der Waals surface area contributed by atoms with Gasteiger partial charge in [0.15, 0.2) is 0 Å². The van der Waals surface area contributed by atoms with E-state index in [0.717, 1.165) is 17.6 Å². The molecule has 1 atom stereocenters. The number of halogens is 1. The fourth-order valence-electron chi connectivity index (χ4n) is 2.34. The third-order valence-electron chi connectivity index (χ3n) is 3.47. The van der Waals surface area contributed by atoms with Crippen LogP contribution in [-0.2, 0) is 9.53 Å². The van der Waals surface area contributed by atoms with Crippen LogP contribution in [0.3, 0.4) is 0 Å². The topological polar surface area (TPSA) is 58.6 Å². The predicted octanol–water partition coefficient (Wildman–Crippen LogP) is 2.09. The van der Waals surface area contributed by atoms with Crippen LogP contribution in [0.2, 0.25) is 0 Å². The Hall–Kier alpha value is -1.21. The fourth-order valence-corrected chi connectivity index (χ4v) is 2.54. The molecule has 22 heavy (non-hydrogen) atoms. The zero-order chi connectivity index (χ0) is 16.3. The highest BCUT2D eigenvalue weighted by molar-refractivity contribution is 9.10. The largest absolute Gasteiger partial charge is 0.366 e. The van der Waals surface area contributed by atoms with E-state index in [2.05, 4.69) is 30.8 Å². The van der Waals surface area contributed by atoms with E-state index in [1.54, 1.807) is 12.4 Å². The van der Waals surface area contributed by atoms with Gasteiger partial charge in [0.1, 0.15) is 6.61 Å². The number of carbonyl (C=O) groups excluding carboxylic acids is 1. The first-order chi connectivity index (χ1) is 10.3. The Bertz CT molecular complexity index is 515. The van der Waals surface area contributed by atoms with E-state index < -0.39 is 0 Å². The highest BCUT2D eigenvalue weighted by Gasteiger charge is 2.29. The zero-order valence-electron chi connectivity index (χ0n) is 13.5. The van der Waals surface area contributed by atoms with Crippen molar-refractivity contribution >= 4 is 27.8 Å². The van der Waals surface area contributed by atoms with Gasteiger partial charge in [-0.15, -0.1) is 0 Å². The van der Waals surface area contributed by atoms with E-state index in [4.69, 9.17) is 4.74 Å². The molecule has 0 N–H and O–H groups in total. The Morgan fingerprint density at radius 2 is 2.00 bits per heavy atom. The van der Waals surface area contributed by atoms with Crippen LogP contribution in [0.25, 0.3) is 0 Å². The van der Waals surface area contributed by atoms with E-state index in [9.17, 15) is 4.79 Å². The number of anilines is 1. The summed E-state index contributed by atoms with van der Waals surface area (Å²) in [7, 11) is 0. The standard InChI is InChI=1S/C15H23BrN4O2/c1-11-9-19(14-17-7-12(16)8-18-14)5-6-20(11)13(21)10-22-15(2,3)4/h7-8,11H,5-6,9-10H2,1-4H3/t11-/m0/s1. The molecule has 0 unspecified atom stereocenters. The maximum atomic E-state index is 12.3. The number of amides is 1. The first-order valence-corrected chi connectivity index (χ1v) is 8.21. The normalized spacial score (nSPS) is 19.4. The summed E-state index contributed by atoms with van der Waals surface area (Å²) in [6.45, 7) is 10.1. The smallest absolute Gasteiger partial charge is 0.248 e. The molecule has 1 aliphatic rings. The fraction of sp³-hybridized carbons (Fsp3) is 0.667. The number of aromatic nitrogens is 2. The van der Waals surface area contributed by atoms with Crippen LogP contribution in [0.4, 0.5) is 5.95 Å². The third-order valence-corrected chi connectivity index (χ3v) is 3.88. The number of hydrogen-bond acceptors (Lipinski definition) is 5. The Balaban J connectivity index is 1.92. The van der Waals surface area contributed by atoms with Crippen LogP contribution in [0, 0.1) is 0 Å². The molecule has 0 bridgehead atoms. The zero-order valence-corrected chi connectivity index (χ0v) is 15.1.